The average molecular weight is 300 g/mol. The summed E-state index contributed by atoms with van der Waals surface area (Å²) >= 11 is 3.40. The summed E-state index contributed by atoms with van der Waals surface area (Å²) in [5.74, 6) is 0.998. The fourth-order valence-corrected chi connectivity index (χ4v) is 2.53. The second kappa shape index (κ2) is 5.80. The SMILES string of the molecule is COC1CCN(c2ccc(Br)cn2)C(CN)C1. The van der Waals surface area contributed by atoms with Gasteiger partial charge in [-0.1, -0.05) is 0 Å². The average Bonchev–Trinajstić information content (AvgIpc) is 2.39. The molecule has 1 fully saturated rings. The predicted molar refractivity (Wildman–Crippen MR) is 72.2 cm³/mol. The summed E-state index contributed by atoms with van der Waals surface area (Å²) in [6, 6.07) is 4.36. The highest BCUT2D eigenvalue weighted by molar-refractivity contribution is 9.10. The van der Waals surface area contributed by atoms with Crippen molar-refractivity contribution in [3.8, 4) is 0 Å². The lowest BCUT2D eigenvalue weighted by Crippen LogP contribution is -2.49. The number of hydrogen-bond donors (Lipinski definition) is 1. The first-order chi connectivity index (χ1) is 8.24. The highest BCUT2D eigenvalue weighted by atomic mass is 79.9. The quantitative estimate of drug-likeness (QED) is 0.924. The summed E-state index contributed by atoms with van der Waals surface area (Å²) in [6.07, 6.45) is 4.16. The van der Waals surface area contributed by atoms with Crippen molar-refractivity contribution in [1.82, 2.24) is 4.98 Å². The molecule has 5 heteroatoms. The van der Waals surface area contributed by atoms with Crippen LogP contribution in [0.25, 0.3) is 0 Å². The molecular formula is C12H18BrN3O. The third-order valence-corrected chi connectivity index (χ3v) is 3.75. The first-order valence-corrected chi connectivity index (χ1v) is 6.65. The van der Waals surface area contributed by atoms with Crippen LogP contribution in [0.2, 0.25) is 0 Å². The number of pyridine rings is 1. The number of hydrogen-bond acceptors (Lipinski definition) is 4. The Labute approximate surface area is 110 Å². The molecule has 1 aliphatic heterocycles. The highest BCUT2D eigenvalue weighted by Crippen LogP contribution is 2.24. The van der Waals surface area contributed by atoms with Gasteiger partial charge in [-0.25, -0.2) is 4.98 Å². The van der Waals surface area contributed by atoms with E-state index in [0.717, 1.165) is 29.7 Å². The van der Waals surface area contributed by atoms with Crippen molar-refractivity contribution in [2.45, 2.75) is 25.0 Å². The van der Waals surface area contributed by atoms with Gasteiger partial charge in [0.05, 0.1) is 6.10 Å². The number of aromatic nitrogens is 1. The van der Waals surface area contributed by atoms with E-state index in [0.29, 0.717) is 18.7 Å². The van der Waals surface area contributed by atoms with Crippen molar-refractivity contribution in [3.05, 3.63) is 22.8 Å². The Bertz CT molecular complexity index is 357. The molecule has 2 rings (SSSR count). The molecule has 2 unspecified atom stereocenters. The number of piperidine rings is 1. The minimum absolute atomic E-state index is 0.322. The topological polar surface area (TPSA) is 51.4 Å². The standard InChI is InChI=1S/C12H18BrN3O/c1-17-11-4-5-16(10(6-11)7-14)12-3-2-9(13)8-15-12/h2-3,8,10-11H,4-7,14H2,1H3. The zero-order chi connectivity index (χ0) is 12.3. The van der Waals surface area contributed by atoms with Gasteiger partial charge in [0.25, 0.3) is 0 Å². The number of ether oxygens (including phenoxy) is 1. The Morgan fingerprint density at radius 1 is 1.59 bits per heavy atom. The monoisotopic (exact) mass is 299 g/mol. The van der Waals surface area contributed by atoms with Gasteiger partial charge < -0.3 is 15.4 Å². The van der Waals surface area contributed by atoms with Crippen LogP contribution < -0.4 is 10.6 Å². The van der Waals surface area contributed by atoms with Gasteiger partial charge in [0.1, 0.15) is 5.82 Å². The van der Waals surface area contributed by atoms with E-state index in [-0.39, 0.29) is 0 Å². The molecule has 0 aromatic carbocycles. The van der Waals surface area contributed by atoms with Crippen molar-refractivity contribution < 1.29 is 4.74 Å². The molecule has 1 aromatic heterocycles. The predicted octanol–water partition coefficient (Wildman–Crippen LogP) is 1.79. The maximum atomic E-state index is 5.84. The third-order valence-electron chi connectivity index (χ3n) is 3.28. The Morgan fingerprint density at radius 2 is 2.41 bits per heavy atom. The minimum Gasteiger partial charge on any atom is -0.381 e. The number of nitrogens with two attached hydrogens (primary N) is 1. The molecule has 1 saturated heterocycles. The van der Waals surface area contributed by atoms with Crippen LogP contribution in [0.4, 0.5) is 5.82 Å². The largest absolute Gasteiger partial charge is 0.381 e. The van der Waals surface area contributed by atoms with Crippen molar-refractivity contribution in [2.75, 3.05) is 25.1 Å². The van der Waals surface area contributed by atoms with Crippen molar-refractivity contribution in [2.24, 2.45) is 5.73 Å². The zero-order valence-corrected chi connectivity index (χ0v) is 11.6. The second-order valence-corrected chi connectivity index (χ2v) is 5.22. The maximum absolute atomic E-state index is 5.84. The van der Waals surface area contributed by atoms with E-state index < -0.39 is 0 Å². The van der Waals surface area contributed by atoms with Crippen LogP contribution in [0.1, 0.15) is 12.8 Å². The first kappa shape index (κ1) is 12.8. The Kier molecular flexibility index (Phi) is 4.36. The normalized spacial score (nSPS) is 25.0. The van der Waals surface area contributed by atoms with Gasteiger partial charge in [0, 0.05) is 36.9 Å². The lowest BCUT2D eigenvalue weighted by molar-refractivity contribution is 0.0708. The lowest BCUT2D eigenvalue weighted by Gasteiger charge is -2.39. The molecule has 0 radical (unpaired) electrons. The van der Waals surface area contributed by atoms with Gasteiger partial charge in [-0.2, -0.15) is 0 Å². The van der Waals surface area contributed by atoms with Gasteiger partial charge in [-0.3, -0.25) is 0 Å². The van der Waals surface area contributed by atoms with E-state index >= 15 is 0 Å². The summed E-state index contributed by atoms with van der Waals surface area (Å²) in [5.41, 5.74) is 5.84. The molecule has 4 nitrogen and oxygen atoms in total. The van der Waals surface area contributed by atoms with Crippen LogP contribution >= 0.6 is 15.9 Å². The summed E-state index contributed by atoms with van der Waals surface area (Å²) in [5, 5.41) is 0. The van der Waals surface area contributed by atoms with Gasteiger partial charge in [0.15, 0.2) is 0 Å². The summed E-state index contributed by atoms with van der Waals surface area (Å²) in [6.45, 7) is 1.59. The molecule has 1 aliphatic rings. The third kappa shape index (κ3) is 2.97. The smallest absolute Gasteiger partial charge is 0.128 e. The molecular weight excluding hydrogens is 282 g/mol. The van der Waals surface area contributed by atoms with E-state index in [1.54, 1.807) is 7.11 Å². The van der Waals surface area contributed by atoms with Gasteiger partial charge in [0.2, 0.25) is 0 Å². The fourth-order valence-electron chi connectivity index (χ4n) is 2.29. The molecule has 2 N–H and O–H groups in total. The molecule has 0 spiro atoms. The summed E-state index contributed by atoms with van der Waals surface area (Å²) in [7, 11) is 1.77. The molecule has 17 heavy (non-hydrogen) atoms. The number of anilines is 1. The Balaban J connectivity index is 2.12. The van der Waals surface area contributed by atoms with Gasteiger partial charge in [-0.05, 0) is 40.9 Å². The van der Waals surface area contributed by atoms with E-state index in [2.05, 4.69) is 25.8 Å². The van der Waals surface area contributed by atoms with Crippen molar-refractivity contribution >= 4 is 21.7 Å². The fraction of sp³-hybridized carbons (Fsp3) is 0.583. The van der Waals surface area contributed by atoms with Crippen LogP contribution in [0.15, 0.2) is 22.8 Å². The van der Waals surface area contributed by atoms with Gasteiger partial charge >= 0.3 is 0 Å². The molecule has 0 amide bonds. The lowest BCUT2D eigenvalue weighted by atomic mass is 9.99. The van der Waals surface area contributed by atoms with E-state index in [4.69, 9.17) is 10.5 Å². The molecule has 0 aliphatic carbocycles. The van der Waals surface area contributed by atoms with Gasteiger partial charge in [-0.15, -0.1) is 0 Å². The minimum atomic E-state index is 0.322. The molecule has 94 valence electrons. The highest BCUT2D eigenvalue weighted by Gasteiger charge is 2.28. The van der Waals surface area contributed by atoms with Crippen LogP contribution in [0.3, 0.4) is 0 Å². The van der Waals surface area contributed by atoms with Crippen LogP contribution in [-0.4, -0.2) is 37.3 Å². The Hall–Kier alpha value is -0.650. The van der Waals surface area contributed by atoms with E-state index in [9.17, 15) is 0 Å². The molecule has 0 saturated carbocycles. The van der Waals surface area contributed by atoms with Crippen LogP contribution in [0.5, 0.6) is 0 Å². The number of halogens is 1. The zero-order valence-electron chi connectivity index (χ0n) is 9.97. The Morgan fingerprint density at radius 3 is 3.00 bits per heavy atom. The van der Waals surface area contributed by atoms with Crippen LogP contribution in [-0.2, 0) is 4.74 Å². The second-order valence-electron chi connectivity index (χ2n) is 4.30. The van der Waals surface area contributed by atoms with Crippen molar-refractivity contribution in [1.29, 1.82) is 0 Å². The van der Waals surface area contributed by atoms with Crippen molar-refractivity contribution in [3.63, 3.8) is 0 Å². The number of methoxy groups -OCH3 is 1. The van der Waals surface area contributed by atoms with E-state index in [1.165, 1.54) is 0 Å². The number of nitrogens with zero attached hydrogens (tertiary/aromatic N) is 2. The number of rotatable bonds is 3. The van der Waals surface area contributed by atoms with Crippen LogP contribution in [0, 0.1) is 0 Å². The molecule has 1 aromatic rings. The molecule has 2 heterocycles. The summed E-state index contributed by atoms with van der Waals surface area (Å²) < 4.78 is 6.41. The molecule has 0 bridgehead atoms. The maximum Gasteiger partial charge on any atom is 0.128 e. The molecule has 2 atom stereocenters. The van der Waals surface area contributed by atoms with E-state index in [1.807, 2.05) is 18.3 Å². The summed E-state index contributed by atoms with van der Waals surface area (Å²) in [4.78, 5) is 6.71. The first-order valence-electron chi connectivity index (χ1n) is 5.85.